The van der Waals surface area contributed by atoms with E-state index in [1.807, 2.05) is 6.92 Å². The highest BCUT2D eigenvalue weighted by atomic mass is 19.1. The number of nitrogens with one attached hydrogen (secondary N) is 2. The predicted molar refractivity (Wildman–Crippen MR) is 94.9 cm³/mol. The van der Waals surface area contributed by atoms with Crippen LogP contribution in [0.3, 0.4) is 0 Å². The average Bonchev–Trinajstić information content (AvgIpc) is 3.07. The Morgan fingerprint density at radius 2 is 2.00 bits per heavy atom. The van der Waals surface area contributed by atoms with Crippen LogP contribution in [0.1, 0.15) is 39.5 Å². The monoisotopic (exact) mass is 372 g/mol. The summed E-state index contributed by atoms with van der Waals surface area (Å²) in [5, 5.41) is 9.83. The largest absolute Gasteiger partial charge is 0.381 e. The summed E-state index contributed by atoms with van der Waals surface area (Å²) >= 11 is 0. The molecule has 1 unspecified atom stereocenters. The molecule has 1 saturated carbocycles. The van der Waals surface area contributed by atoms with E-state index in [0.717, 1.165) is 0 Å². The Hall–Kier alpha value is -2.74. The van der Waals surface area contributed by atoms with Crippen LogP contribution in [0.15, 0.2) is 30.3 Å². The first kappa shape index (κ1) is 17.7. The summed E-state index contributed by atoms with van der Waals surface area (Å²) < 4.78 is 20.4. The Bertz CT molecular complexity index is 887. The van der Waals surface area contributed by atoms with Crippen molar-refractivity contribution < 1.29 is 18.7 Å². The molecular weight excluding hydrogens is 351 g/mol. The van der Waals surface area contributed by atoms with E-state index < -0.39 is 6.04 Å². The molecule has 0 spiro atoms. The van der Waals surface area contributed by atoms with Gasteiger partial charge >= 0.3 is 0 Å². The molecule has 4 atom stereocenters. The van der Waals surface area contributed by atoms with Crippen LogP contribution < -0.4 is 10.6 Å². The number of fused-ring (bicyclic) bond motifs is 1. The summed E-state index contributed by atoms with van der Waals surface area (Å²) in [6.07, 6.45) is 0. The number of rotatable bonds is 5. The fourth-order valence-electron chi connectivity index (χ4n) is 3.69. The smallest absolute Gasteiger partial charge is 0.271 e. The number of benzene rings is 1. The minimum Gasteiger partial charge on any atom is -0.381 e. The normalized spacial score (nSPS) is 24.2. The summed E-state index contributed by atoms with van der Waals surface area (Å²) in [5.74, 6) is -0.310. The average molecular weight is 372 g/mol. The van der Waals surface area contributed by atoms with E-state index in [1.54, 1.807) is 12.1 Å². The zero-order valence-corrected chi connectivity index (χ0v) is 15.1. The lowest BCUT2D eigenvalue weighted by Gasteiger charge is -2.16. The van der Waals surface area contributed by atoms with Gasteiger partial charge in [0, 0.05) is 31.0 Å². The van der Waals surface area contributed by atoms with Crippen LogP contribution in [0.4, 0.5) is 4.39 Å². The number of hydrogen-bond donors (Lipinski definition) is 2. The van der Waals surface area contributed by atoms with Crippen LogP contribution in [0.2, 0.25) is 0 Å². The van der Waals surface area contributed by atoms with Crippen molar-refractivity contribution in [3.8, 4) is 0 Å². The fraction of sp³-hybridized carbons (Fsp3) is 0.421. The Morgan fingerprint density at radius 3 is 2.67 bits per heavy atom. The van der Waals surface area contributed by atoms with Crippen molar-refractivity contribution in [2.45, 2.75) is 19.0 Å². The maximum absolute atomic E-state index is 13.6. The Balaban J connectivity index is 1.63. The van der Waals surface area contributed by atoms with E-state index >= 15 is 0 Å². The third kappa shape index (κ3) is 3.21. The molecule has 1 saturated heterocycles. The molecule has 1 aliphatic carbocycles. The fourth-order valence-corrected chi connectivity index (χ4v) is 3.69. The number of carbonyl (C=O) groups is 2. The van der Waals surface area contributed by atoms with E-state index in [4.69, 9.17) is 4.74 Å². The standard InChI is InChI=1S/C19H21FN4O3/c1-10(11-4-3-5-12(20)6-11)24-16(7-15(23-24)18(25)21-2)19(26)22-17-13-8-27-9-14(13)17/h3-7,10,13-14,17H,8-9H2,1-2H3,(H,21,25)(H,22,26)/t10-,13-,14+,17?/m0/s1. The quantitative estimate of drug-likeness (QED) is 0.830. The van der Waals surface area contributed by atoms with Crippen LogP contribution >= 0.6 is 0 Å². The highest BCUT2D eigenvalue weighted by Crippen LogP contribution is 2.44. The lowest BCUT2D eigenvalue weighted by atomic mass is 10.1. The van der Waals surface area contributed by atoms with Crippen LogP contribution in [0, 0.1) is 17.7 Å². The molecule has 2 aliphatic rings. The van der Waals surface area contributed by atoms with Crippen molar-refractivity contribution in [2.24, 2.45) is 11.8 Å². The van der Waals surface area contributed by atoms with Crippen molar-refractivity contribution in [3.63, 3.8) is 0 Å². The predicted octanol–water partition coefficient (Wildman–Crippen LogP) is 1.37. The number of hydrogen-bond acceptors (Lipinski definition) is 4. The van der Waals surface area contributed by atoms with Gasteiger partial charge in [-0.2, -0.15) is 5.10 Å². The number of ether oxygens (including phenoxy) is 1. The lowest BCUT2D eigenvalue weighted by molar-refractivity contribution is 0.0915. The summed E-state index contributed by atoms with van der Waals surface area (Å²) in [6, 6.07) is 7.28. The summed E-state index contributed by atoms with van der Waals surface area (Å²) in [5.41, 5.74) is 1.08. The van der Waals surface area contributed by atoms with Gasteiger partial charge in [-0.15, -0.1) is 0 Å². The Labute approximate surface area is 155 Å². The van der Waals surface area contributed by atoms with Gasteiger partial charge in [-0.1, -0.05) is 12.1 Å². The molecule has 8 heteroatoms. The molecule has 2 amide bonds. The lowest BCUT2D eigenvalue weighted by Crippen LogP contribution is -2.32. The molecule has 1 aliphatic heterocycles. The minimum absolute atomic E-state index is 0.0996. The van der Waals surface area contributed by atoms with Gasteiger partial charge in [-0.25, -0.2) is 4.39 Å². The van der Waals surface area contributed by atoms with Gasteiger partial charge in [-0.3, -0.25) is 14.3 Å². The van der Waals surface area contributed by atoms with Crippen LogP contribution in [0.25, 0.3) is 0 Å². The number of nitrogens with zero attached hydrogens (tertiary/aromatic N) is 2. The summed E-state index contributed by atoms with van der Waals surface area (Å²) in [6.45, 7) is 3.14. The second-order valence-electron chi connectivity index (χ2n) is 7.03. The van der Waals surface area contributed by atoms with Gasteiger partial charge in [0.25, 0.3) is 11.8 Å². The first-order valence-electron chi connectivity index (χ1n) is 8.95. The second kappa shape index (κ2) is 6.77. The van der Waals surface area contributed by atoms with Gasteiger partial charge in [0.15, 0.2) is 5.69 Å². The third-order valence-corrected chi connectivity index (χ3v) is 5.38. The molecule has 0 bridgehead atoms. The number of halogens is 1. The molecule has 4 rings (SSSR count). The van der Waals surface area contributed by atoms with Crippen LogP contribution in [-0.2, 0) is 4.74 Å². The third-order valence-electron chi connectivity index (χ3n) is 5.38. The molecular formula is C19H21FN4O3. The van der Waals surface area contributed by atoms with Gasteiger partial charge in [0.1, 0.15) is 11.5 Å². The first-order chi connectivity index (χ1) is 13.0. The van der Waals surface area contributed by atoms with Crippen molar-refractivity contribution in [2.75, 3.05) is 20.3 Å². The topological polar surface area (TPSA) is 85.3 Å². The molecule has 1 aromatic carbocycles. The van der Waals surface area contributed by atoms with Gasteiger partial charge in [0.05, 0.1) is 19.3 Å². The van der Waals surface area contributed by atoms with Crippen molar-refractivity contribution in [1.29, 1.82) is 0 Å². The zero-order chi connectivity index (χ0) is 19.1. The highest BCUT2D eigenvalue weighted by Gasteiger charge is 2.55. The Morgan fingerprint density at radius 1 is 1.26 bits per heavy atom. The number of aromatic nitrogens is 2. The Kier molecular flexibility index (Phi) is 4.43. The van der Waals surface area contributed by atoms with Gasteiger partial charge in [0.2, 0.25) is 0 Å². The maximum atomic E-state index is 13.6. The van der Waals surface area contributed by atoms with E-state index in [1.165, 1.54) is 29.9 Å². The number of amides is 2. The molecule has 7 nitrogen and oxygen atoms in total. The van der Waals surface area contributed by atoms with E-state index in [-0.39, 0.29) is 35.1 Å². The molecule has 2 aromatic rings. The molecule has 142 valence electrons. The SMILES string of the molecule is CNC(=O)c1cc(C(=O)NC2[C@H]3COC[C@@H]23)n([C@@H](C)c2cccc(F)c2)n1. The van der Waals surface area contributed by atoms with Crippen molar-refractivity contribution in [1.82, 2.24) is 20.4 Å². The summed E-state index contributed by atoms with van der Waals surface area (Å²) in [4.78, 5) is 24.9. The van der Waals surface area contributed by atoms with Crippen LogP contribution in [-0.4, -0.2) is 47.9 Å². The van der Waals surface area contributed by atoms with Gasteiger partial charge < -0.3 is 15.4 Å². The molecule has 2 heterocycles. The zero-order valence-electron chi connectivity index (χ0n) is 15.1. The summed E-state index contributed by atoms with van der Waals surface area (Å²) in [7, 11) is 1.50. The van der Waals surface area contributed by atoms with Crippen LogP contribution in [0.5, 0.6) is 0 Å². The van der Waals surface area contributed by atoms with E-state index in [0.29, 0.717) is 30.6 Å². The number of carbonyl (C=O) groups excluding carboxylic acids is 2. The van der Waals surface area contributed by atoms with E-state index in [2.05, 4.69) is 15.7 Å². The molecule has 0 radical (unpaired) electrons. The molecule has 2 fully saturated rings. The molecule has 27 heavy (non-hydrogen) atoms. The highest BCUT2D eigenvalue weighted by molar-refractivity contribution is 5.98. The van der Waals surface area contributed by atoms with Crippen molar-refractivity contribution >= 4 is 11.8 Å². The van der Waals surface area contributed by atoms with Crippen molar-refractivity contribution in [3.05, 3.63) is 53.1 Å². The molecule has 1 aromatic heterocycles. The second-order valence-corrected chi connectivity index (χ2v) is 7.03. The van der Waals surface area contributed by atoms with Gasteiger partial charge in [-0.05, 0) is 24.6 Å². The van der Waals surface area contributed by atoms with E-state index in [9.17, 15) is 14.0 Å². The minimum atomic E-state index is -0.415. The maximum Gasteiger partial charge on any atom is 0.271 e. The first-order valence-corrected chi connectivity index (χ1v) is 8.95. The molecule has 2 N–H and O–H groups in total.